The van der Waals surface area contributed by atoms with E-state index >= 15 is 0 Å². The van der Waals surface area contributed by atoms with Gasteiger partial charge >= 0.3 is 0 Å². The highest BCUT2D eigenvalue weighted by molar-refractivity contribution is 14.0. The third-order valence-corrected chi connectivity index (χ3v) is 4.30. The molecule has 154 valence electrons. The number of halogens is 1. The Labute approximate surface area is 186 Å². The fourth-order valence-electron chi connectivity index (χ4n) is 2.81. The van der Waals surface area contributed by atoms with Gasteiger partial charge in [0.2, 0.25) is 0 Å². The lowest BCUT2D eigenvalue weighted by Gasteiger charge is -2.18. The Bertz CT molecular complexity index is 723. The molecule has 1 unspecified atom stereocenters. The molecule has 0 radical (unpaired) electrons. The van der Waals surface area contributed by atoms with E-state index in [2.05, 4.69) is 46.8 Å². The normalized spacial score (nSPS) is 11.9. The lowest BCUT2D eigenvalue weighted by Crippen LogP contribution is -2.42. The van der Waals surface area contributed by atoms with E-state index in [0.29, 0.717) is 19.2 Å². The molecule has 5 nitrogen and oxygen atoms in total. The molecule has 1 atom stereocenters. The first-order valence-electron chi connectivity index (χ1n) is 9.47. The molecule has 0 heterocycles. The van der Waals surface area contributed by atoms with Crippen LogP contribution in [-0.4, -0.2) is 32.8 Å². The van der Waals surface area contributed by atoms with Crippen molar-refractivity contribution in [3.63, 3.8) is 0 Å². The fourth-order valence-corrected chi connectivity index (χ4v) is 2.81. The van der Waals surface area contributed by atoms with Crippen LogP contribution in [0.4, 0.5) is 0 Å². The highest BCUT2D eigenvalue weighted by Gasteiger charge is 2.08. The fraction of sp³-hybridized carbons (Fsp3) is 0.409. The molecule has 0 amide bonds. The van der Waals surface area contributed by atoms with Crippen LogP contribution in [0.5, 0.6) is 11.5 Å². The average molecular weight is 497 g/mol. The number of aryl methyl sites for hydroxylation is 1. The Morgan fingerprint density at radius 3 is 2.46 bits per heavy atom. The summed E-state index contributed by atoms with van der Waals surface area (Å²) in [5, 5.41) is 6.81. The lowest BCUT2D eigenvalue weighted by molar-refractivity contribution is 0.310. The molecule has 2 aromatic rings. The first kappa shape index (κ1) is 24.1. The van der Waals surface area contributed by atoms with Gasteiger partial charge < -0.3 is 20.1 Å². The average Bonchev–Trinajstić information content (AvgIpc) is 2.71. The van der Waals surface area contributed by atoms with E-state index in [0.717, 1.165) is 35.9 Å². The predicted octanol–water partition coefficient (Wildman–Crippen LogP) is 4.40. The third-order valence-electron chi connectivity index (χ3n) is 4.30. The summed E-state index contributed by atoms with van der Waals surface area (Å²) in [5.74, 6) is 2.31. The molecule has 2 rings (SSSR count). The van der Waals surface area contributed by atoms with Crippen LogP contribution in [0.2, 0.25) is 0 Å². The van der Waals surface area contributed by atoms with Crippen LogP contribution >= 0.6 is 24.0 Å². The summed E-state index contributed by atoms with van der Waals surface area (Å²) in [6, 6.07) is 16.8. The SMILES string of the molecule is CCOc1ccc(CNC(=NC)NC(C)CCc2ccccc2)cc1OC.I. The van der Waals surface area contributed by atoms with E-state index in [9.17, 15) is 0 Å². The van der Waals surface area contributed by atoms with Gasteiger partial charge in [0.25, 0.3) is 0 Å². The quantitative estimate of drug-likeness (QED) is 0.307. The number of rotatable bonds is 9. The van der Waals surface area contributed by atoms with Crippen LogP contribution in [0.25, 0.3) is 0 Å². The molecule has 0 aliphatic carbocycles. The van der Waals surface area contributed by atoms with Crippen LogP contribution < -0.4 is 20.1 Å². The topological polar surface area (TPSA) is 54.9 Å². The number of nitrogens with zero attached hydrogens (tertiary/aromatic N) is 1. The standard InChI is InChI=1S/C22H31N3O2.HI/c1-5-27-20-14-13-19(15-21(20)26-4)16-24-22(23-3)25-17(2)11-12-18-9-7-6-8-10-18;/h6-10,13-15,17H,5,11-12,16H2,1-4H3,(H2,23,24,25);1H. The minimum absolute atomic E-state index is 0. The maximum Gasteiger partial charge on any atom is 0.191 e. The number of guanidine groups is 1. The van der Waals surface area contributed by atoms with Crippen molar-refractivity contribution < 1.29 is 9.47 Å². The summed E-state index contributed by atoms with van der Waals surface area (Å²) in [4.78, 5) is 4.33. The maximum absolute atomic E-state index is 5.56. The van der Waals surface area contributed by atoms with Gasteiger partial charge in [-0.1, -0.05) is 36.4 Å². The number of nitrogens with one attached hydrogen (secondary N) is 2. The number of hydrogen-bond donors (Lipinski definition) is 2. The highest BCUT2D eigenvalue weighted by atomic mass is 127. The molecular weight excluding hydrogens is 465 g/mol. The predicted molar refractivity (Wildman–Crippen MR) is 127 cm³/mol. The first-order valence-corrected chi connectivity index (χ1v) is 9.47. The van der Waals surface area contributed by atoms with Crippen molar-refractivity contribution in [3.05, 3.63) is 59.7 Å². The van der Waals surface area contributed by atoms with Crippen LogP contribution in [0.15, 0.2) is 53.5 Å². The van der Waals surface area contributed by atoms with Crippen molar-refractivity contribution in [1.82, 2.24) is 10.6 Å². The van der Waals surface area contributed by atoms with Crippen molar-refractivity contribution in [3.8, 4) is 11.5 Å². The van der Waals surface area contributed by atoms with E-state index in [4.69, 9.17) is 9.47 Å². The molecule has 2 aromatic carbocycles. The highest BCUT2D eigenvalue weighted by Crippen LogP contribution is 2.27. The molecule has 0 saturated carbocycles. The van der Waals surface area contributed by atoms with E-state index in [1.165, 1.54) is 5.56 Å². The number of benzene rings is 2. The smallest absolute Gasteiger partial charge is 0.191 e. The largest absolute Gasteiger partial charge is 0.493 e. The van der Waals surface area contributed by atoms with Crippen molar-refractivity contribution in [2.45, 2.75) is 39.3 Å². The van der Waals surface area contributed by atoms with Gasteiger partial charge in [-0.3, -0.25) is 4.99 Å². The van der Waals surface area contributed by atoms with Gasteiger partial charge in [-0.25, -0.2) is 0 Å². The van der Waals surface area contributed by atoms with Crippen molar-refractivity contribution >= 4 is 29.9 Å². The van der Waals surface area contributed by atoms with Crippen molar-refractivity contribution in [2.24, 2.45) is 4.99 Å². The lowest BCUT2D eigenvalue weighted by atomic mass is 10.1. The van der Waals surface area contributed by atoms with E-state index in [1.807, 2.05) is 31.2 Å². The van der Waals surface area contributed by atoms with Gasteiger partial charge in [-0.15, -0.1) is 24.0 Å². The van der Waals surface area contributed by atoms with Gasteiger partial charge in [0.15, 0.2) is 17.5 Å². The van der Waals surface area contributed by atoms with Crippen LogP contribution in [0, 0.1) is 0 Å². The van der Waals surface area contributed by atoms with Crippen LogP contribution in [0.3, 0.4) is 0 Å². The van der Waals surface area contributed by atoms with Gasteiger partial charge in [-0.05, 0) is 49.9 Å². The number of hydrogen-bond acceptors (Lipinski definition) is 3. The molecule has 28 heavy (non-hydrogen) atoms. The van der Waals surface area contributed by atoms with Crippen LogP contribution in [-0.2, 0) is 13.0 Å². The minimum atomic E-state index is 0. The monoisotopic (exact) mass is 497 g/mol. The second-order valence-electron chi connectivity index (χ2n) is 6.41. The number of aliphatic imine (C=N–C) groups is 1. The Hall–Kier alpha value is -1.96. The second kappa shape index (κ2) is 13.3. The Balaban J connectivity index is 0.00000392. The maximum atomic E-state index is 5.56. The Morgan fingerprint density at radius 1 is 1.07 bits per heavy atom. The van der Waals surface area contributed by atoms with E-state index in [1.54, 1.807) is 14.2 Å². The molecule has 2 N–H and O–H groups in total. The zero-order valence-electron chi connectivity index (χ0n) is 17.2. The van der Waals surface area contributed by atoms with Gasteiger partial charge in [-0.2, -0.15) is 0 Å². The molecule has 0 bridgehead atoms. The first-order chi connectivity index (χ1) is 13.2. The molecule has 0 spiro atoms. The van der Waals surface area contributed by atoms with Crippen molar-refractivity contribution in [2.75, 3.05) is 20.8 Å². The minimum Gasteiger partial charge on any atom is -0.493 e. The second-order valence-corrected chi connectivity index (χ2v) is 6.41. The van der Waals surface area contributed by atoms with E-state index in [-0.39, 0.29) is 24.0 Å². The number of methoxy groups -OCH3 is 1. The summed E-state index contributed by atoms with van der Waals surface area (Å²) < 4.78 is 11.0. The summed E-state index contributed by atoms with van der Waals surface area (Å²) in [6.45, 7) is 5.42. The molecule has 0 aromatic heterocycles. The summed E-state index contributed by atoms with van der Waals surface area (Å²) >= 11 is 0. The molecule has 0 aliphatic heterocycles. The summed E-state index contributed by atoms with van der Waals surface area (Å²) in [6.07, 6.45) is 2.09. The van der Waals surface area contributed by atoms with Crippen molar-refractivity contribution in [1.29, 1.82) is 0 Å². The third kappa shape index (κ3) is 7.96. The zero-order valence-corrected chi connectivity index (χ0v) is 19.5. The molecule has 0 fully saturated rings. The summed E-state index contributed by atoms with van der Waals surface area (Å²) in [7, 11) is 3.45. The Morgan fingerprint density at radius 2 is 1.82 bits per heavy atom. The molecule has 0 saturated heterocycles. The van der Waals surface area contributed by atoms with Gasteiger partial charge in [0, 0.05) is 19.6 Å². The molecule has 6 heteroatoms. The Kier molecular flexibility index (Phi) is 11.4. The molecular formula is C22H32IN3O2. The number of ether oxygens (including phenoxy) is 2. The van der Waals surface area contributed by atoms with Gasteiger partial charge in [0.05, 0.1) is 13.7 Å². The van der Waals surface area contributed by atoms with Crippen LogP contribution in [0.1, 0.15) is 31.4 Å². The summed E-state index contributed by atoms with van der Waals surface area (Å²) in [5.41, 5.74) is 2.46. The van der Waals surface area contributed by atoms with E-state index < -0.39 is 0 Å². The van der Waals surface area contributed by atoms with Gasteiger partial charge in [0.1, 0.15) is 0 Å². The zero-order chi connectivity index (χ0) is 19.5. The molecule has 0 aliphatic rings.